The second kappa shape index (κ2) is 7.00. The number of aromatic nitrogens is 2. The van der Waals surface area contributed by atoms with E-state index in [9.17, 15) is 0 Å². The molecular weight excluding hydrogens is 272 g/mol. The number of nitrogens with zero attached hydrogens (tertiary/aromatic N) is 2. The van der Waals surface area contributed by atoms with E-state index in [1.54, 1.807) is 7.11 Å². The molecule has 6 heteroatoms. The van der Waals surface area contributed by atoms with E-state index in [1.807, 2.05) is 43.6 Å². The smallest absolute Gasteiger partial charge is 0.191 e. The van der Waals surface area contributed by atoms with Gasteiger partial charge >= 0.3 is 0 Å². The highest BCUT2D eigenvalue weighted by atomic mass is 32.2. The SMILES string of the molecule is CNc1cc(NCc2ccccc2OC)nc(SC)n1. The van der Waals surface area contributed by atoms with Gasteiger partial charge in [-0.05, 0) is 12.3 Å². The normalized spacial score (nSPS) is 10.2. The van der Waals surface area contributed by atoms with Gasteiger partial charge in [0.05, 0.1) is 7.11 Å². The third kappa shape index (κ3) is 3.54. The molecular formula is C14H18N4OS. The van der Waals surface area contributed by atoms with Crippen LogP contribution in [0, 0.1) is 0 Å². The van der Waals surface area contributed by atoms with Crippen molar-refractivity contribution in [3.05, 3.63) is 35.9 Å². The fourth-order valence-corrected chi connectivity index (χ4v) is 2.15. The lowest BCUT2D eigenvalue weighted by Crippen LogP contribution is -2.05. The lowest BCUT2D eigenvalue weighted by atomic mass is 10.2. The van der Waals surface area contributed by atoms with Gasteiger partial charge in [-0.1, -0.05) is 30.0 Å². The van der Waals surface area contributed by atoms with Gasteiger partial charge in [-0.25, -0.2) is 9.97 Å². The molecule has 0 bridgehead atoms. The molecule has 1 aromatic heterocycles. The summed E-state index contributed by atoms with van der Waals surface area (Å²) in [5.41, 5.74) is 1.09. The molecule has 20 heavy (non-hydrogen) atoms. The van der Waals surface area contributed by atoms with E-state index in [4.69, 9.17) is 4.74 Å². The quantitative estimate of drug-likeness (QED) is 0.630. The summed E-state index contributed by atoms with van der Waals surface area (Å²) in [5, 5.41) is 7.07. The highest BCUT2D eigenvalue weighted by molar-refractivity contribution is 7.98. The number of nitrogens with one attached hydrogen (secondary N) is 2. The Hall–Kier alpha value is -1.95. The average Bonchev–Trinajstić information content (AvgIpc) is 2.52. The van der Waals surface area contributed by atoms with Crippen LogP contribution in [0.3, 0.4) is 0 Å². The van der Waals surface area contributed by atoms with Crippen LogP contribution in [0.15, 0.2) is 35.5 Å². The molecule has 1 aromatic carbocycles. The molecule has 2 rings (SSSR count). The molecule has 0 aliphatic rings. The number of para-hydroxylation sites is 1. The summed E-state index contributed by atoms with van der Waals surface area (Å²) >= 11 is 1.51. The molecule has 0 atom stereocenters. The molecule has 0 radical (unpaired) electrons. The van der Waals surface area contributed by atoms with E-state index >= 15 is 0 Å². The van der Waals surface area contributed by atoms with E-state index in [2.05, 4.69) is 20.6 Å². The van der Waals surface area contributed by atoms with Crippen molar-refractivity contribution in [3.8, 4) is 5.75 Å². The van der Waals surface area contributed by atoms with Crippen molar-refractivity contribution in [2.24, 2.45) is 0 Å². The standard InChI is InChI=1S/C14H18N4OS/c1-15-12-8-13(18-14(17-12)20-3)16-9-10-6-4-5-7-11(10)19-2/h4-8H,9H2,1-3H3,(H2,15,16,17,18). The lowest BCUT2D eigenvalue weighted by Gasteiger charge is -2.11. The first-order valence-electron chi connectivity index (χ1n) is 6.23. The van der Waals surface area contributed by atoms with Gasteiger partial charge in [-0.3, -0.25) is 0 Å². The van der Waals surface area contributed by atoms with E-state index in [0.717, 1.165) is 28.1 Å². The summed E-state index contributed by atoms with van der Waals surface area (Å²) in [7, 11) is 3.52. The molecule has 2 N–H and O–H groups in total. The van der Waals surface area contributed by atoms with Crippen molar-refractivity contribution in [1.29, 1.82) is 0 Å². The Bertz CT molecular complexity index is 555. The first-order chi connectivity index (χ1) is 9.76. The topological polar surface area (TPSA) is 59.1 Å². The van der Waals surface area contributed by atoms with Crippen LogP contribution >= 0.6 is 11.8 Å². The highest BCUT2D eigenvalue weighted by Crippen LogP contribution is 2.20. The number of benzene rings is 1. The number of ether oxygens (including phenoxy) is 1. The van der Waals surface area contributed by atoms with Gasteiger partial charge in [0.25, 0.3) is 0 Å². The molecule has 0 saturated heterocycles. The Morgan fingerprint density at radius 2 is 1.95 bits per heavy atom. The maximum Gasteiger partial charge on any atom is 0.191 e. The maximum absolute atomic E-state index is 5.33. The fourth-order valence-electron chi connectivity index (χ4n) is 1.77. The predicted octanol–water partition coefficient (Wildman–Crippen LogP) is 2.86. The number of thioether (sulfide) groups is 1. The van der Waals surface area contributed by atoms with Gasteiger partial charge in [0.15, 0.2) is 5.16 Å². The zero-order valence-electron chi connectivity index (χ0n) is 11.8. The zero-order chi connectivity index (χ0) is 14.4. The van der Waals surface area contributed by atoms with Crippen LogP contribution < -0.4 is 15.4 Å². The van der Waals surface area contributed by atoms with E-state index in [-0.39, 0.29) is 0 Å². The minimum Gasteiger partial charge on any atom is -0.496 e. The van der Waals surface area contributed by atoms with Gasteiger partial charge < -0.3 is 15.4 Å². The minimum absolute atomic E-state index is 0.651. The van der Waals surface area contributed by atoms with Crippen molar-refractivity contribution in [1.82, 2.24) is 9.97 Å². The molecule has 0 spiro atoms. The molecule has 0 amide bonds. The van der Waals surface area contributed by atoms with Crippen LogP contribution in [0.1, 0.15) is 5.56 Å². The minimum atomic E-state index is 0.651. The van der Waals surface area contributed by atoms with Crippen LogP contribution in [-0.4, -0.2) is 30.4 Å². The summed E-state index contributed by atoms with van der Waals surface area (Å²) < 4.78 is 5.33. The molecule has 2 aromatic rings. The number of methoxy groups -OCH3 is 1. The van der Waals surface area contributed by atoms with Crippen LogP contribution in [0.4, 0.5) is 11.6 Å². The largest absolute Gasteiger partial charge is 0.496 e. The zero-order valence-corrected chi connectivity index (χ0v) is 12.6. The van der Waals surface area contributed by atoms with Crippen molar-refractivity contribution in [2.75, 3.05) is 31.0 Å². The van der Waals surface area contributed by atoms with Gasteiger partial charge in [-0.15, -0.1) is 0 Å². The van der Waals surface area contributed by atoms with E-state index in [1.165, 1.54) is 11.8 Å². The molecule has 5 nitrogen and oxygen atoms in total. The monoisotopic (exact) mass is 290 g/mol. The summed E-state index contributed by atoms with van der Waals surface area (Å²) in [4.78, 5) is 8.77. The summed E-state index contributed by atoms with van der Waals surface area (Å²) in [5.74, 6) is 2.46. The molecule has 0 aliphatic heterocycles. The number of anilines is 2. The van der Waals surface area contributed by atoms with Crippen LogP contribution in [0.5, 0.6) is 5.75 Å². The number of hydrogen-bond acceptors (Lipinski definition) is 6. The molecule has 0 fully saturated rings. The van der Waals surface area contributed by atoms with Crippen molar-refractivity contribution < 1.29 is 4.74 Å². The Morgan fingerprint density at radius 3 is 2.65 bits per heavy atom. The van der Waals surface area contributed by atoms with Crippen molar-refractivity contribution in [2.45, 2.75) is 11.7 Å². The summed E-state index contributed by atoms with van der Waals surface area (Å²) in [6.07, 6.45) is 1.96. The van der Waals surface area contributed by atoms with Crippen molar-refractivity contribution in [3.63, 3.8) is 0 Å². The third-order valence-corrected chi connectivity index (χ3v) is 3.34. The second-order valence-corrected chi connectivity index (χ2v) is 4.81. The average molecular weight is 290 g/mol. The van der Waals surface area contributed by atoms with Crippen LogP contribution in [0.2, 0.25) is 0 Å². The summed E-state index contributed by atoms with van der Waals surface area (Å²) in [6, 6.07) is 9.81. The fraction of sp³-hybridized carbons (Fsp3) is 0.286. The van der Waals surface area contributed by atoms with Gasteiger partial charge in [-0.2, -0.15) is 0 Å². The lowest BCUT2D eigenvalue weighted by molar-refractivity contribution is 0.410. The van der Waals surface area contributed by atoms with Gasteiger partial charge in [0.1, 0.15) is 17.4 Å². The Kier molecular flexibility index (Phi) is 5.06. The Labute approximate surface area is 123 Å². The predicted molar refractivity (Wildman–Crippen MR) is 83.7 cm³/mol. The Morgan fingerprint density at radius 1 is 1.20 bits per heavy atom. The first kappa shape index (κ1) is 14.5. The molecule has 106 valence electrons. The highest BCUT2D eigenvalue weighted by Gasteiger charge is 2.05. The molecule has 0 saturated carbocycles. The van der Waals surface area contributed by atoms with Gasteiger partial charge in [0, 0.05) is 25.2 Å². The van der Waals surface area contributed by atoms with E-state index in [0.29, 0.717) is 6.54 Å². The van der Waals surface area contributed by atoms with Crippen molar-refractivity contribution >= 4 is 23.4 Å². The van der Waals surface area contributed by atoms with Gasteiger partial charge in [0.2, 0.25) is 0 Å². The third-order valence-electron chi connectivity index (χ3n) is 2.80. The maximum atomic E-state index is 5.33. The molecule has 1 heterocycles. The molecule has 0 unspecified atom stereocenters. The summed E-state index contributed by atoms with van der Waals surface area (Å²) in [6.45, 7) is 0.651. The first-order valence-corrected chi connectivity index (χ1v) is 7.46. The van der Waals surface area contributed by atoms with E-state index < -0.39 is 0 Å². The Balaban J connectivity index is 2.14. The second-order valence-electron chi connectivity index (χ2n) is 4.04. The van der Waals surface area contributed by atoms with Crippen LogP contribution in [-0.2, 0) is 6.54 Å². The van der Waals surface area contributed by atoms with Crippen LogP contribution in [0.25, 0.3) is 0 Å². The number of rotatable bonds is 6. The number of hydrogen-bond donors (Lipinski definition) is 2. The molecule has 0 aliphatic carbocycles.